The number of rotatable bonds is 20. The predicted molar refractivity (Wildman–Crippen MR) is 182 cm³/mol. The van der Waals surface area contributed by atoms with Crippen molar-refractivity contribution in [3.8, 4) is 0 Å². The van der Waals surface area contributed by atoms with Crippen molar-refractivity contribution in [2.75, 3.05) is 5.75 Å². The zero-order valence-corrected chi connectivity index (χ0v) is 28.9. The van der Waals surface area contributed by atoms with E-state index in [2.05, 4.69) is 93.7 Å². The Hall–Kier alpha value is 0.880. The molecule has 36 heavy (non-hydrogen) atoms. The lowest BCUT2D eigenvalue weighted by Gasteiger charge is -2.44. The highest BCUT2D eigenvalue weighted by atomic mass is 32.1. The third-order valence-electron chi connectivity index (χ3n) is 8.83. The Morgan fingerprint density at radius 2 is 1.53 bits per heavy atom. The van der Waals surface area contributed by atoms with Gasteiger partial charge >= 0.3 is 0 Å². The van der Waals surface area contributed by atoms with Crippen LogP contribution in [-0.4, -0.2) is 21.0 Å². The van der Waals surface area contributed by atoms with Crippen LogP contribution < -0.4 is 0 Å². The molecule has 0 aromatic heterocycles. The lowest BCUT2D eigenvalue weighted by atomic mass is 9.63. The molecule has 6 atom stereocenters. The Labute approximate surface area is 249 Å². The Kier molecular flexibility index (Phi) is 17.3. The van der Waals surface area contributed by atoms with Crippen LogP contribution in [0.3, 0.4) is 0 Å². The van der Waals surface area contributed by atoms with Gasteiger partial charge in [-0.2, -0.15) is 50.5 Å². The molecule has 0 aliphatic heterocycles. The van der Waals surface area contributed by atoms with Crippen LogP contribution in [0.2, 0.25) is 0 Å². The maximum absolute atomic E-state index is 5.08. The van der Waals surface area contributed by atoms with E-state index in [0.717, 1.165) is 57.1 Å². The van der Waals surface area contributed by atoms with E-state index in [0.29, 0.717) is 16.4 Å². The monoisotopic (exact) mass is 574 g/mol. The van der Waals surface area contributed by atoms with E-state index < -0.39 is 0 Å². The summed E-state index contributed by atoms with van der Waals surface area (Å²) in [7, 11) is 0. The van der Waals surface area contributed by atoms with Crippen molar-refractivity contribution < 1.29 is 0 Å². The summed E-state index contributed by atoms with van der Waals surface area (Å²) in [5.41, 5.74) is 2.02. The normalized spacial score (nSPS) is 20.6. The van der Waals surface area contributed by atoms with Gasteiger partial charge in [-0.3, -0.25) is 0 Å². The number of allylic oxidation sites excluding steroid dienone is 3. The van der Waals surface area contributed by atoms with E-state index in [1.54, 1.807) is 0 Å². The van der Waals surface area contributed by atoms with Crippen LogP contribution in [0.1, 0.15) is 133 Å². The third kappa shape index (κ3) is 14.9. The highest BCUT2D eigenvalue weighted by Gasteiger charge is 2.39. The van der Waals surface area contributed by atoms with Crippen molar-refractivity contribution in [3.05, 3.63) is 24.3 Å². The quantitative estimate of drug-likeness (QED) is 0.0806. The second kappa shape index (κ2) is 16.9. The van der Waals surface area contributed by atoms with Gasteiger partial charge < -0.3 is 0 Å². The zero-order chi connectivity index (χ0) is 28.2. The van der Waals surface area contributed by atoms with Crippen LogP contribution in [-0.2, 0) is 0 Å². The molecule has 0 bridgehead atoms. The first-order chi connectivity index (χ1) is 16.4. The fourth-order valence-electron chi connectivity index (χ4n) is 5.65. The molecule has 0 amide bonds. The summed E-state index contributed by atoms with van der Waals surface area (Å²) < 4.78 is 0.119. The van der Waals surface area contributed by atoms with Gasteiger partial charge in [-0.15, -0.1) is 6.58 Å². The van der Waals surface area contributed by atoms with Crippen LogP contribution in [0.15, 0.2) is 24.3 Å². The number of thiol groups is 4. The Morgan fingerprint density at radius 1 is 0.917 bits per heavy atom. The molecule has 0 heterocycles. The first-order valence-corrected chi connectivity index (χ1v) is 16.5. The van der Waals surface area contributed by atoms with E-state index in [9.17, 15) is 0 Å². The number of hydrogen-bond donors (Lipinski definition) is 4. The highest BCUT2D eigenvalue weighted by molar-refractivity contribution is 7.81. The van der Waals surface area contributed by atoms with Crippen molar-refractivity contribution in [2.45, 2.75) is 148 Å². The maximum Gasteiger partial charge on any atom is 0.0104 e. The summed E-state index contributed by atoms with van der Waals surface area (Å²) in [6, 6.07) is 0. The van der Waals surface area contributed by atoms with E-state index in [4.69, 9.17) is 37.9 Å². The van der Waals surface area contributed by atoms with E-state index >= 15 is 0 Å². The van der Waals surface area contributed by atoms with Gasteiger partial charge in [-0.1, -0.05) is 79.5 Å². The molecule has 0 spiro atoms. The van der Waals surface area contributed by atoms with Crippen molar-refractivity contribution in [2.24, 2.45) is 22.2 Å². The molecule has 214 valence electrons. The zero-order valence-electron chi connectivity index (χ0n) is 25.4. The molecule has 0 N–H and O–H groups in total. The fraction of sp³-hybridized carbons (Fsp3) is 0.875. The first-order valence-electron chi connectivity index (χ1n) is 14.4. The van der Waals surface area contributed by atoms with Crippen molar-refractivity contribution in [3.63, 3.8) is 0 Å². The Morgan fingerprint density at radius 3 is 2.03 bits per heavy atom. The van der Waals surface area contributed by atoms with Crippen molar-refractivity contribution in [1.29, 1.82) is 0 Å². The summed E-state index contributed by atoms with van der Waals surface area (Å²) in [4.78, 5) is 0. The van der Waals surface area contributed by atoms with Gasteiger partial charge in [0.2, 0.25) is 0 Å². The van der Waals surface area contributed by atoms with Gasteiger partial charge in [0.1, 0.15) is 0 Å². The fourth-order valence-corrected chi connectivity index (χ4v) is 6.85. The molecule has 0 aliphatic rings. The molecular weight excluding hydrogens is 513 g/mol. The van der Waals surface area contributed by atoms with Gasteiger partial charge in [-0.25, -0.2) is 0 Å². The van der Waals surface area contributed by atoms with Crippen LogP contribution >= 0.6 is 50.5 Å². The minimum Gasteiger partial charge on any atom is -0.179 e. The summed E-state index contributed by atoms with van der Waals surface area (Å²) in [5, 5.41) is 0.793. The minimum atomic E-state index is 0.113. The van der Waals surface area contributed by atoms with E-state index in [1.165, 1.54) is 24.8 Å². The lowest BCUT2D eigenvalue weighted by Crippen LogP contribution is -2.35. The molecule has 0 nitrogen and oxygen atoms in total. The SMILES string of the molecule is C=CC(C)(CCC(S)C(C)CCCC(C)(S)CC/C=C(\C)CC)CC(C)(CCS)CC(C)(C)C(C)S. The average Bonchev–Trinajstić information content (AvgIpc) is 2.76. The highest BCUT2D eigenvalue weighted by Crippen LogP contribution is 2.49. The van der Waals surface area contributed by atoms with Gasteiger partial charge in [0.25, 0.3) is 0 Å². The molecule has 0 aromatic carbocycles. The molecule has 0 aliphatic carbocycles. The molecule has 6 unspecified atom stereocenters. The lowest BCUT2D eigenvalue weighted by molar-refractivity contribution is 0.111. The molecule has 0 aromatic rings. The molecule has 0 saturated heterocycles. The van der Waals surface area contributed by atoms with Crippen molar-refractivity contribution in [1.82, 2.24) is 0 Å². The summed E-state index contributed by atoms with van der Waals surface area (Å²) in [6.45, 7) is 25.2. The summed E-state index contributed by atoms with van der Waals surface area (Å²) in [6.07, 6.45) is 17.4. The molecule has 0 fully saturated rings. The van der Waals surface area contributed by atoms with E-state index in [1.807, 2.05) is 0 Å². The molecule has 0 saturated carbocycles. The summed E-state index contributed by atoms with van der Waals surface area (Å²) in [5.74, 6) is 1.53. The average molecular weight is 575 g/mol. The molecule has 4 heteroatoms. The Bertz CT molecular complexity index is 651. The maximum atomic E-state index is 5.08. The molecule has 0 rings (SSSR count). The van der Waals surface area contributed by atoms with Gasteiger partial charge in [0.15, 0.2) is 0 Å². The second-order valence-electron chi connectivity index (χ2n) is 13.6. The minimum absolute atomic E-state index is 0.113. The van der Waals surface area contributed by atoms with Gasteiger partial charge in [0.05, 0.1) is 0 Å². The second-order valence-corrected chi connectivity index (χ2v) is 16.5. The predicted octanol–water partition coefficient (Wildman–Crippen LogP) is 11.3. The smallest absolute Gasteiger partial charge is 0.0104 e. The number of hydrogen-bond acceptors (Lipinski definition) is 4. The largest absolute Gasteiger partial charge is 0.179 e. The van der Waals surface area contributed by atoms with Crippen LogP contribution in [0, 0.1) is 22.2 Å². The van der Waals surface area contributed by atoms with E-state index in [-0.39, 0.29) is 21.0 Å². The van der Waals surface area contributed by atoms with Gasteiger partial charge in [-0.05, 0) is 99.0 Å². The Balaban J connectivity index is 4.89. The molecule has 0 radical (unpaired) electrons. The van der Waals surface area contributed by atoms with Crippen LogP contribution in [0.5, 0.6) is 0 Å². The summed E-state index contributed by atoms with van der Waals surface area (Å²) >= 11 is 19.5. The molecular formula is C32H62S4. The third-order valence-corrected chi connectivity index (χ3v) is 11.0. The van der Waals surface area contributed by atoms with Crippen LogP contribution in [0.25, 0.3) is 0 Å². The van der Waals surface area contributed by atoms with Gasteiger partial charge in [0, 0.05) is 15.2 Å². The van der Waals surface area contributed by atoms with Crippen LogP contribution in [0.4, 0.5) is 0 Å². The standard InChI is InChI=1S/C32H62S4/c1-11-25(3)15-13-18-32(10,36)19-14-16-26(4)28(35)17-20-30(8,12-2)24-31(9,21-22-33)23-29(6,7)27(5)34/h12,15,26-28,33-36H,2,11,13-14,16-24H2,1,3-10H3/b25-15+. The van der Waals surface area contributed by atoms with Crippen molar-refractivity contribution >= 4 is 50.5 Å². The topological polar surface area (TPSA) is 0 Å². The first kappa shape index (κ1) is 36.9.